The van der Waals surface area contributed by atoms with Crippen molar-refractivity contribution in [3.8, 4) is 11.5 Å². The third-order valence-electron chi connectivity index (χ3n) is 4.54. The molecule has 0 aliphatic carbocycles. The van der Waals surface area contributed by atoms with Gasteiger partial charge in [0, 0.05) is 12.0 Å². The van der Waals surface area contributed by atoms with Crippen LogP contribution in [-0.2, 0) is 11.8 Å². The highest BCUT2D eigenvalue weighted by atomic mass is 16.5. The van der Waals surface area contributed by atoms with E-state index in [1.54, 1.807) is 12.1 Å². The van der Waals surface area contributed by atoms with Gasteiger partial charge in [-0.3, -0.25) is 4.79 Å². The fraction of sp³-hybridized carbons (Fsp3) is 0.208. The maximum absolute atomic E-state index is 11.6. The van der Waals surface area contributed by atoms with Gasteiger partial charge in [0.2, 0.25) is 5.91 Å². The van der Waals surface area contributed by atoms with E-state index in [-0.39, 0.29) is 5.41 Å². The van der Waals surface area contributed by atoms with Crippen LogP contribution in [0.3, 0.4) is 0 Å². The van der Waals surface area contributed by atoms with Crippen LogP contribution in [0.1, 0.15) is 47.8 Å². The summed E-state index contributed by atoms with van der Waals surface area (Å²) in [5.74, 6) is 0.912. The second-order valence-corrected chi connectivity index (χ2v) is 7.73. The zero-order valence-electron chi connectivity index (χ0n) is 16.0. The highest BCUT2D eigenvalue weighted by Crippen LogP contribution is 2.29. The fourth-order valence-corrected chi connectivity index (χ4v) is 2.91. The van der Waals surface area contributed by atoms with Crippen LogP contribution in [0.25, 0.3) is 0 Å². The van der Waals surface area contributed by atoms with E-state index in [1.165, 1.54) is 11.1 Å². The van der Waals surface area contributed by atoms with E-state index in [2.05, 4.69) is 45.0 Å². The summed E-state index contributed by atoms with van der Waals surface area (Å²) < 4.78 is 6.04. The van der Waals surface area contributed by atoms with Gasteiger partial charge in [0.15, 0.2) is 0 Å². The van der Waals surface area contributed by atoms with Crippen molar-refractivity contribution < 1.29 is 9.53 Å². The number of ether oxygens (including phenoxy) is 1. The van der Waals surface area contributed by atoms with Gasteiger partial charge in [-0.2, -0.15) is 0 Å². The van der Waals surface area contributed by atoms with Crippen LogP contribution >= 0.6 is 0 Å². The Labute approximate surface area is 160 Å². The molecule has 27 heavy (non-hydrogen) atoms. The number of carbonyl (C=O) groups excluding carboxylic acids is 1. The van der Waals surface area contributed by atoms with Gasteiger partial charge in [-0.1, -0.05) is 69.3 Å². The molecular weight excluding hydrogens is 334 g/mol. The summed E-state index contributed by atoms with van der Waals surface area (Å²) in [6.07, 6.45) is 0.714. The molecular formula is C24H25NO2. The van der Waals surface area contributed by atoms with E-state index >= 15 is 0 Å². The van der Waals surface area contributed by atoms with Gasteiger partial charge in [0.25, 0.3) is 0 Å². The summed E-state index contributed by atoms with van der Waals surface area (Å²) in [4.78, 5) is 11.6. The number of primary amides is 1. The highest BCUT2D eigenvalue weighted by Gasteiger charge is 2.14. The molecule has 0 bridgehead atoms. The van der Waals surface area contributed by atoms with E-state index in [9.17, 15) is 4.79 Å². The summed E-state index contributed by atoms with van der Waals surface area (Å²) in [7, 11) is 0. The lowest BCUT2D eigenvalue weighted by Crippen LogP contribution is -2.11. The molecule has 0 fully saturated rings. The van der Waals surface area contributed by atoms with Crippen molar-refractivity contribution in [3.05, 3.63) is 95.1 Å². The normalized spacial score (nSPS) is 11.2. The molecule has 3 heteroatoms. The molecule has 2 N–H and O–H groups in total. The monoisotopic (exact) mass is 359 g/mol. The van der Waals surface area contributed by atoms with Crippen molar-refractivity contribution in [2.45, 2.75) is 32.6 Å². The quantitative estimate of drug-likeness (QED) is 0.657. The molecule has 1 amide bonds. The van der Waals surface area contributed by atoms with E-state index in [0.717, 1.165) is 11.3 Å². The SMILES string of the molecule is CC(C)(C)c1ccc(Cc2ccc(C(N)=O)cc2Oc2ccccc2)cc1. The van der Waals surface area contributed by atoms with Crippen LogP contribution < -0.4 is 10.5 Å². The Balaban J connectivity index is 1.91. The van der Waals surface area contributed by atoms with Crippen molar-refractivity contribution in [2.24, 2.45) is 5.73 Å². The average Bonchev–Trinajstić information content (AvgIpc) is 2.63. The molecule has 0 radical (unpaired) electrons. The summed E-state index contributed by atoms with van der Waals surface area (Å²) >= 11 is 0. The lowest BCUT2D eigenvalue weighted by atomic mass is 9.86. The van der Waals surface area contributed by atoms with Crippen LogP contribution in [0.5, 0.6) is 11.5 Å². The molecule has 3 rings (SSSR count). The molecule has 0 aliphatic rings. The predicted molar refractivity (Wildman–Crippen MR) is 109 cm³/mol. The van der Waals surface area contributed by atoms with Crippen molar-refractivity contribution in [1.82, 2.24) is 0 Å². The highest BCUT2D eigenvalue weighted by molar-refractivity contribution is 5.93. The fourth-order valence-electron chi connectivity index (χ4n) is 2.91. The van der Waals surface area contributed by atoms with Crippen molar-refractivity contribution >= 4 is 5.91 Å². The molecule has 0 spiro atoms. The average molecular weight is 359 g/mol. The lowest BCUT2D eigenvalue weighted by molar-refractivity contribution is 0.1000. The molecule has 3 aromatic rings. The maximum atomic E-state index is 11.6. The number of carbonyl (C=O) groups is 1. The molecule has 0 aromatic heterocycles. The van der Waals surface area contributed by atoms with E-state index in [0.29, 0.717) is 17.7 Å². The van der Waals surface area contributed by atoms with Crippen LogP contribution in [0.2, 0.25) is 0 Å². The third-order valence-corrected chi connectivity index (χ3v) is 4.54. The van der Waals surface area contributed by atoms with E-state index in [1.807, 2.05) is 36.4 Å². The number of hydrogen-bond donors (Lipinski definition) is 1. The Morgan fingerprint density at radius 2 is 1.59 bits per heavy atom. The zero-order chi connectivity index (χ0) is 19.4. The summed E-state index contributed by atoms with van der Waals surface area (Å²) in [6, 6.07) is 23.6. The molecule has 0 heterocycles. The van der Waals surface area contributed by atoms with Crippen LogP contribution in [-0.4, -0.2) is 5.91 Å². The minimum absolute atomic E-state index is 0.128. The Kier molecular flexibility index (Phi) is 5.31. The number of para-hydroxylation sites is 1. The van der Waals surface area contributed by atoms with Crippen LogP contribution in [0, 0.1) is 0 Å². The summed E-state index contributed by atoms with van der Waals surface area (Å²) in [5, 5.41) is 0. The zero-order valence-corrected chi connectivity index (χ0v) is 16.0. The second-order valence-electron chi connectivity index (χ2n) is 7.73. The molecule has 3 aromatic carbocycles. The van der Waals surface area contributed by atoms with Gasteiger partial charge in [0.05, 0.1) is 0 Å². The number of hydrogen-bond acceptors (Lipinski definition) is 2. The van der Waals surface area contributed by atoms with Crippen LogP contribution in [0.4, 0.5) is 0 Å². The molecule has 0 atom stereocenters. The van der Waals surface area contributed by atoms with E-state index < -0.39 is 5.91 Å². The molecule has 0 saturated heterocycles. The summed E-state index contributed by atoms with van der Waals surface area (Å²) in [6.45, 7) is 6.61. The Bertz CT molecular complexity index is 923. The Morgan fingerprint density at radius 3 is 2.19 bits per heavy atom. The molecule has 0 aliphatic heterocycles. The minimum Gasteiger partial charge on any atom is -0.457 e. The van der Waals surface area contributed by atoms with Gasteiger partial charge in [-0.05, 0) is 46.4 Å². The minimum atomic E-state index is -0.464. The maximum Gasteiger partial charge on any atom is 0.248 e. The molecule has 0 unspecified atom stereocenters. The smallest absolute Gasteiger partial charge is 0.248 e. The first-order valence-electron chi connectivity index (χ1n) is 9.08. The van der Waals surface area contributed by atoms with Gasteiger partial charge in [-0.15, -0.1) is 0 Å². The third kappa shape index (κ3) is 4.76. The van der Waals surface area contributed by atoms with Crippen molar-refractivity contribution in [1.29, 1.82) is 0 Å². The van der Waals surface area contributed by atoms with Gasteiger partial charge < -0.3 is 10.5 Å². The van der Waals surface area contributed by atoms with Gasteiger partial charge >= 0.3 is 0 Å². The van der Waals surface area contributed by atoms with Gasteiger partial charge in [0.1, 0.15) is 11.5 Å². The second kappa shape index (κ2) is 7.67. The Morgan fingerprint density at radius 1 is 0.926 bits per heavy atom. The number of nitrogens with two attached hydrogens (primary N) is 1. The standard InChI is InChI=1S/C24H25NO2/c1-24(2,3)20-13-9-17(10-14-20)15-18-11-12-19(23(25)26)16-22(18)27-21-7-5-4-6-8-21/h4-14,16H,15H2,1-3H3,(H2,25,26). The van der Waals surface area contributed by atoms with Gasteiger partial charge in [-0.25, -0.2) is 0 Å². The van der Waals surface area contributed by atoms with Crippen molar-refractivity contribution in [3.63, 3.8) is 0 Å². The predicted octanol–water partition coefficient (Wildman–Crippen LogP) is 5.47. The lowest BCUT2D eigenvalue weighted by Gasteiger charge is -2.19. The number of rotatable bonds is 5. The first-order chi connectivity index (χ1) is 12.8. The first-order valence-corrected chi connectivity index (χ1v) is 9.08. The van der Waals surface area contributed by atoms with Crippen LogP contribution in [0.15, 0.2) is 72.8 Å². The Hall–Kier alpha value is -3.07. The largest absolute Gasteiger partial charge is 0.457 e. The van der Waals surface area contributed by atoms with E-state index in [4.69, 9.17) is 10.5 Å². The first kappa shape index (κ1) is 18.7. The number of amides is 1. The molecule has 3 nitrogen and oxygen atoms in total. The van der Waals surface area contributed by atoms with Crippen molar-refractivity contribution in [2.75, 3.05) is 0 Å². The topological polar surface area (TPSA) is 52.3 Å². The molecule has 0 saturated carbocycles. The summed E-state index contributed by atoms with van der Waals surface area (Å²) in [5.41, 5.74) is 9.50. The number of benzene rings is 3. The molecule has 138 valence electrons.